The average molecular weight is 356 g/mol. The molecule has 0 fully saturated rings. The summed E-state index contributed by atoms with van der Waals surface area (Å²) in [5, 5.41) is 16.8. The molecule has 26 heavy (non-hydrogen) atoms. The van der Waals surface area contributed by atoms with E-state index in [0.717, 1.165) is 22.3 Å². The van der Waals surface area contributed by atoms with E-state index in [2.05, 4.69) is 10.4 Å². The number of carbonyl (C=O) groups excluding carboxylic acids is 1. The topological polar surface area (TPSA) is 98.4 Å². The van der Waals surface area contributed by atoms with E-state index in [1.807, 2.05) is 27.0 Å². The molecule has 3 rings (SSSR count). The number of benzene rings is 1. The molecule has 2 N–H and O–H groups in total. The summed E-state index contributed by atoms with van der Waals surface area (Å²) in [7, 11) is 1.82. The van der Waals surface area contributed by atoms with Crippen LogP contribution in [-0.4, -0.2) is 37.9 Å². The van der Waals surface area contributed by atoms with Crippen molar-refractivity contribution in [3.05, 3.63) is 41.9 Å². The number of rotatable bonds is 6. The third-order valence-corrected chi connectivity index (χ3v) is 4.15. The first-order valence-corrected chi connectivity index (χ1v) is 8.08. The minimum atomic E-state index is -0.905. The number of hydrogen-bond donors (Lipinski definition) is 2. The van der Waals surface area contributed by atoms with E-state index < -0.39 is 5.97 Å². The second-order valence-electron chi connectivity index (χ2n) is 6.07. The van der Waals surface area contributed by atoms with Gasteiger partial charge in [0, 0.05) is 29.8 Å². The van der Waals surface area contributed by atoms with Gasteiger partial charge in [0.25, 0.3) is 5.91 Å². The number of amides is 1. The van der Waals surface area contributed by atoms with Gasteiger partial charge in [0.15, 0.2) is 12.4 Å². The van der Waals surface area contributed by atoms with Gasteiger partial charge in [-0.05, 0) is 38.1 Å². The van der Waals surface area contributed by atoms with Gasteiger partial charge in [-0.25, -0.2) is 0 Å². The van der Waals surface area contributed by atoms with E-state index >= 15 is 0 Å². The molecule has 1 aromatic carbocycles. The van der Waals surface area contributed by atoms with Crippen LogP contribution in [0.2, 0.25) is 0 Å². The summed E-state index contributed by atoms with van der Waals surface area (Å²) in [6.45, 7) is 3.48. The zero-order valence-electron chi connectivity index (χ0n) is 14.8. The molecule has 3 aromatic rings. The van der Waals surface area contributed by atoms with Crippen LogP contribution in [0.25, 0.3) is 10.9 Å². The molecule has 2 heterocycles. The van der Waals surface area contributed by atoms with Crippen molar-refractivity contribution in [1.82, 2.24) is 14.3 Å². The largest absolute Gasteiger partial charge is 0.480 e. The monoisotopic (exact) mass is 356 g/mol. The molecule has 0 spiro atoms. The van der Waals surface area contributed by atoms with Gasteiger partial charge in [-0.15, -0.1) is 0 Å². The van der Waals surface area contributed by atoms with Crippen molar-refractivity contribution in [2.45, 2.75) is 20.4 Å². The lowest BCUT2D eigenvalue weighted by Gasteiger charge is -2.08. The maximum atomic E-state index is 12.2. The standard InChI is InChI=1S/C18H20N4O4/c1-11-18(12(2)21(3)20-11)26-10-16(23)19-14-4-5-15-13(8-14)6-7-22(15)9-17(24)25/h4-8H,9-10H2,1-3H3,(H,19,23)(H,24,25). The number of nitrogens with one attached hydrogen (secondary N) is 1. The van der Waals surface area contributed by atoms with Gasteiger partial charge < -0.3 is 19.7 Å². The van der Waals surface area contributed by atoms with Crippen LogP contribution in [0.4, 0.5) is 5.69 Å². The molecular weight excluding hydrogens is 336 g/mol. The van der Waals surface area contributed by atoms with E-state index in [9.17, 15) is 9.59 Å². The van der Waals surface area contributed by atoms with E-state index in [0.29, 0.717) is 11.4 Å². The van der Waals surface area contributed by atoms with Crippen molar-refractivity contribution in [1.29, 1.82) is 0 Å². The fraction of sp³-hybridized carbons (Fsp3) is 0.278. The quantitative estimate of drug-likeness (QED) is 0.705. The number of aromatic nitrogens is 3. The van der Waals surface area contributed by atoms with E-state index in [-0.39, 0.29) is 19.1 Å². The third-order valence-electron chi connectivity index (χ3n) is 4.15. The van der Waals surface area contributed by atoms with Gasteiger partial charge in [-0.1, -0.05) is 0 Å². The Kier molecular flexibility index (Phi) is 4.66. The molecule has 0 atom stereocenters. The predicted molar refractivity (Wildman–Crippen MR) is 96.4 cm³/mol. The van der Waals surface area contributed by atoms with Gasteiger partial charge in [0.05, 0.1) is 5.69 Å². The number of ether oxygens (including phenoxy) is 1. The smallest absolute Gasteiger partial charge is 0.323 e. The molecule has 136 valence electrons. The minimum absolute atomic E-state index is 0.104. The Balaban J connectivity index is 1.66. The highest BCUT2D eigenvalue weighted by Gasteiger charge is 2.13. The number of fused-ring (bicyclic) bond motifs is 1. The molecule has 0 bridgehead atoms. The first-order valence-electron chi connectivity index (χ1n) is 8.08. The summed E-state index contributed by atoms with van der Waals surface area (Å²) >= 11 is 0. The van der Waals surface area contributed by atoms with Gasteiger partial charge in [0.1, 0.15) is 12.2 Å². The molecule has 8 heteroatoms. The first kappa shape index (κ1) is 17.5. The Morgan fingerprint density at radius 2 is 2.04 bits per heavy atom. The highest BCUT2D eigenvalue weighted by Crippen LogP contribution is 2.22. The van der Waals surface area contributed by atoms with E-state index in [1.165, 1.54) is 0 Å². The highest BCUT2D eigenvalue weighted by atomic mass is 16.5. The lowest BCUT2D eigenvalue weighted by molar-refractivity contribution is -0.137. The molecule has 0 aliphatic rings. The molecule has 0 saturated heterocycles. The third kappa shape index (κ3) is 3.53. The SMILES string of the molecule is Cc1nn(C)c(C)c1OCC(=O)Nc1ccc2c(ccn2CC(=O)O)c1. The van der Waals surface area contributed by atoms with Crippen LogP contribution in [0.3, 0.4) is 0 Å². The van der Waals surface area contributed by atoms with E-state index in [4.69, 9.17) is 9.84 Å². The number of hydrogen-bond acceptors (Lipinski definition) is 4. The average Bonchev–Trinajstić information content (AvgIpc) is 3.06. The Hall–Kier alpha value is -3.29. The molecule has 0 aliphatic heterocycles. The molecule has 8 nitrogen and oxygen atoms in total. The first-order chi connectivity index (χ1) is 12.3. The Labute approximate surface area is 150 Å². The van der Waals surface area contributed by atoms with Crippen LogP contribution < -0.4 is 10.1 Å². The van der Waals surface area contributed by atoms with Crippen LogP contribution in [0.5, 0.6) is 5.75 Å². The lowest BCUT2D eigenvalue weighted by Crippen LogP contribution is -2.20. The Morgan fingerprint density at radius 1 is 1.27 bits per heavy atom. The maximum absolute atomic E-state index is 12.2. The lowest BCUT2D eigenvalue weighted by atomic mass is 10.2. The van der Waals surface area contributed by atoms with Gasteiger partial charge >= 0.3 is 5.97 Å². The fourth-order valence-electron chi connectivity index (χ4n) is 2.86. The number of aryl methyl sites for hydroxylation is 2. The van der Waals surface area contributed by atoms with Crippen molar-refractivity contribution < 1.29 is 19.4 Å². The summed E-state index contributed by atoms with van der Waals surface area (Å²) in [5.74, 6) is -0.571. The normalized spacial score (nSPS) is 10.9. The summed E-state index contributed by atoms with van der Waals surface area (Å²) in [5.41, 5.74) is 3.01. The van der Waals surface area contributed by atoms with Crippen molar-refractivity contribution in [2.75, 3.05) is 11.9 Å². The van der Waals surface area contributed by atoms with Gasteiger partial charge in [0.2, 0.25) is 0 Å². The summed E-state index contributed by atoms with van der Waals surface area (Å²) in [4.78, 5) is 23.0. The summed E-state index contributed by atoms with van der Waals surface area (Å²) in [6, 6.07) is 7.13. The zero-order valence-corrected chi connectivity index (χ0v) is 14.8. The summed E-state index contributed by atoms with van der Waals surface area (Å²) < 4.78 is 8.94. The number of carbonyl (C=O) groups is 2. The predicted octanol–water partition coefficient (Wildman–Crippen LogP) is 2.09. The Morgan fingerprint density at radius 3 is 2.69 bits per heavy atom. The molecule has 0 aliphatic carbocycles. The molecule has 1 amide bonds. The fourth-order valence-corrected chi connectivity index (χ4v) is 2.86. The molecule has 0 saturated carbocycles. The van der Waals surface area contributed by atoms with Crippen LogP contribution in [0, 0.1) is 13.8 Å². The number of carboxylic acids is 1. The van der Waals surface area contributed by atoms with E-state index in [1.54, 1.807) is 33.6 Å². The Bertz CT molecular complexity index is 987. The van der Waals surface area contributed by atoms with Crippen molar-refractivity contribution in [3.8, 4) is 5.75 Å². The van der Waals surface area contributed by atoms with Crippen LogP contribution in [0.1, 0.15) is 11.4 Å². The number of anilines is 1. The van der Waals surface area contributed by atoms with Crippen molar-refractivity contribution in [3.63, 3.8) is 0 Å². The molecule has 2 aromatic heterocycles. The van der Waals surface area contributed by atoms with Crippen LogP contribution in [0.15, 0.2) is 30.5 Å². The molecule has 0 unspecified atom stereocenters. The molecular formula is C18H20N4O4. The van der Waals surface area contributed by atoms with Crippen LogP contribution in [-0.2, 0) is 23.2 Å². The second kappa shape index (κ2) is 6.91. The number of carboxylic acid groups (broad SMARTS) is 1. The second-order valence-corrected chi connectivity index (χ2v) is 6.07. The van der Waals surface area contributed by atoms with Gasteiger partial charge in [-0.2, -0.15) is 5.10 Å². The number of aliphatic carboxylic acids is 1. The summed E-state index contributed by atoms with van der Waals surface area (Å²) in [6.07, 6.45) is 1.71. The highest BCUT2D eigenvalue weighted by molar-refractivity contribution is 5.95. The minimum Gasteiger partial charge on any atom is -0.480 e. The molecule has 0 radical (unpaired) electrons. The van der Waals surface area contributed by atoms with Crippen molar-refractivity contribution in [2.24, 2.45) is 7.05 Å². The van der Waals surface area contributed by atoms with Gasteiger partial charge in [-0.3, -0.25) is 14.3 Å². The van der Waals surface area contributed by atoms with Crippen LogP contribution >= 0.6 is 0 Å². The maximum Gasteiger partial charge on any atom is 0.323 e. The van der Waals surface area contributed by atoms with Crippen molar-refractivity contribution >= 4 is 28.5 Å². The zero-order chi connectivity index (χ0) is 18.8. The number of nitrogens with zero attached hydrogens (tertiary/aromatic N) is 3.